The van der Waals surface area contributed by atoms with Crippen LogP contribution in [0.25, 0.3) is 0 Å². The molecular formula is C11H18O6Sn. The summed E-state index contributed by atoms with van der Waals surface area (Å²) in [6, 6.07) is 0. The minimum atomic E-state index is -4.47. The zero-order chi connectivity index (χ0) is 13.8. The summed E-state index contributed by atoms with van der Waals surface area (Å²) in [5.74, 6) is -1.71. The molecule has 0 N–H and O–H groups in total. The average Bonchev–Trinajstić information content (AvgIpc) is 2.65. The van der Waals surface area contributed by atoms with E-state index in [1.54, 1.807) is 0 Å². The summed E-state index contributed by atoms with van der Waals surface area (Å²) in [6.07, 6.45) is 3.47. The van der Waals surface area contributed by atoms with Crippen molar-refractivity contribution < 1.29 is 23.6 Å². The molecule has 0 aromatic rings. The molecule has 0 saturated heterocycles. The van der Waals surface area contributed by atoms with Gasteiger partial charge in [-0.25, -0.2) is 0 Å². The van der Waals surface area contributed by atoms with Gasteiger partial charge in [-0.15, -0.1) is 0 Å². The Balaban J connectivity index is 3.00. The van der Waals surface area contributed by atoms with E-state index in [4.69, 9.17) is 9.22 Å². The van der Waals surface area contributed by atoms with Crippen molar-refractivity contribution in [2.75, 3.05) is 0 Å². The topological polar surface area (TPSA) is 78.9 Å². The molecule has 0 aromatic carbocycles. The summed E-state index contributed by atoms with van der Waals surface area (Å²) >= 11 is -4.47. The van der Waals surface area contributed by atoms with Gasteiger partial charge in [-0.2, -0.15) is 0 Å². The van der Waals surface area contributed by atoms with Crippen LogP contribution in [0.2, 0.25) is 3.93 Å². The molecule has 0 bridgehead atoms. The van der Waals surface area contributed by atoms with Crippen molar-refractivity contribution in [3.05, 3.63) is 0 Å². The van der Waals surface area contributed by atoms with Crippen LogP contribution in [-0.4, -0.2) is 37.5 Å². The first kappa shape index (κ1) is 15.3. The van der Waals surface area contributed by atoms with Gasteiger partial charge in [-0.3, -0.25) is 0 Å². The van der Waals surface area contributed by atoms with Gasteiger partial charge >= 0.3 is 112 Å². The van der Waals surface area contributed by atoms with E-state index in [1.807, 2.05) is 0 Å². The first-order valence-corrected chi connectivity index (χ1v) is 11.1. The van der Waals surface area contributed by atoms with E-state index in [0.717, 1.165) is 25.7 Å². The summed E-state index contributed by atoms with van der Waals surface area (Å²) in [6.45, 7) is 3.69. The fraction of sp³-hybridized carbons (Fsp3) is 0.727. The molecule has 102 valence electrons. The van der Waals surface area contributed by atoms with Crippen LogP contribution in [0.3, 0.4) is 0 Å². The van der Waals surface area contributed by atoms with Crippen molar-refractivity contribution in [3.63, 3.8) is 0 Å². The number of carbonyl (C=O) groups is 3. The van der Waals surface area contributed by atoms with Crippen LogP contribution >= 0.6 is 0 Å². The monoisotopic (exact) mass is 366 g/mol. The Morgan fingerprint density at radius 3 is 1.44 bits per heavy atom. The normalized spacial score (nSPS) is 16.2. The number of rotatable bonds is 4. The van der Waals surface area contributed by atoms with E-state index in [1.165, 1.54) is 20.8 Å². The Hall–Kier alpha value is -0.791. The number of hydrogen-bond donors (Lipinski definition) is 0. The second-order valence-electron chi connectivity index (χ2n) is 4.37. The molecule has 0 radical (unpaired) electrons. The van der Waals surface area contributed by atoms with E-state index in [0.29, 0.717) is 0 Å². The summed E-state index contributed by atoms with van der Waals surface area (Å²) in [7, 11) is 0. The third kappa shape index (κ3) is 4.15. The van der Waals surface area contributed by atoms with Gasteiger partial charge in [0, 0.05) is 0 Å². The molecule has 6 nitrogen and oxygen atoms in total. The van der Waals surface area contributed by atoms with Crippen molar-refractivity contribution in [2.24, 2.45) is 0 Å². The predicted molar refractivity (Wildman–Crippen MR) is 63.3 cm³/mol. The summed E-state index contributed by atoms with van der Waals surface area (Å²) in [5.41, 5.74) is 0. The van der Waals surface area contributed by atoms with Crippen molar-refractivity contribution in [2.45, 2.75) is 50.4 Å². The molecule has 7 heteroatoms. The zero-order valence-corrected chi connectivity index (χ0v) is 13.7. The van der Waals surface area contributed by atoms with Gasteiger partial charge in [0.1, 0.15) is 0 Å². The van der Waals surface area contributed by atoms with E-state index in [2.05, 4.69) is 0 Å². The fourth-order valence-electron chi connectivity index (χ4n) is 2.19. The zero-order valence-electron chi connectivity index (χ0n) is 10.9. The van der Waals surface area contributed by atoms with Crippen molar-refractivity contribution in [3.8, 4) is 0 Å². The molecule has 1 aliphatic carbocycles. The van der Waals surface area contributed by atoms with Gasteiger partial charge in [0.25, 0.3) is 0 Å². The molecule has 1 rings (SSSR count). The Bertz CT molecular complexity index is 307. The maximum atomic E-state index is 11.2. The average molecular weight is 365 g/mol. The standard InChI is InChI=1S/C5H9.3C2H4O2.Sn/c1-2-4-5-3-1;3*1-2(3)4;/h1H,2-5H2;3*1H3,(H,3,4);/q;;;;+3/p-3. The molecular weight excluding hydrogens is 347 g/mol. The second kappa shape index (κ2) is 6.40. The molecule has 0 aliphatic heterocycles. The van der Waals surface area contributed by atoms with E-state index in [9.17, 15) is 14.4 Å². The van der Waals surface area contributed by atoms with Crippen LogP contribution in [0.5, 0.6) is 0 Å². The SMILES string of the molecule is CC(=O)[O][Sn]([O]C(C)=O)([O]C(C)=O)[CH]1CCCC1. The number of hydrogen-bond acceptors (Lipinski definition) is 6. The Morgan fingerprint density at radius 2 is 1.17 bits per heavy atom. The molecule has 0 atom stereocenters. The molecule has 1 saturated carbocycles. The molecule has 18 heavy (non-hydrogen) atoms. The molecule has 1 aliphatic rings. The van der Waals surface area contributed by atoms with Gasteiger partial charge in [0.05, 0.1) is 0 Å². The third-order valence-electron chi connectivity index (χ3n) is 2.71. The van der Waals surface area contributed by atoms with Crippen molar-refractivity contribution in [1.29, 1.82) is 0 Å². The van der Waals surface area contributed by atoms with Gasteiger partial charge < -0.3 is 0 Å². The predicted octanol–water partition coefficient (Wildman–Crippen LogP) is 1.56. The van der Waals surface area contributed by atoms with Crippen molar-refractivity contribution >= 4 is 37.5 Å². The molecule has 1 fully saturated rings. The van der Waals surface area contributed by atoms with E-state index in [-0.39, 0.29) is 3.93 Å². The summed E-state index contributed by atoms with van der Waals surface area (Å²) in [4.78, 5) is 33.7. The van der Waals surface area contributed by atoms with Gasteiger partial charge in [0.15, 0.2) is 0 Å². The van der Waals surface area contributed by atoms with E-state index >= 15 is 0 Å². The Labute approximate surface area is 111 Å². The second-order valence-corrected chi connectivity index (χ2v) is 11.9. The molecule has 0 aromatic heterocycles. The fourth-order valence-corrected chi connectivity index (χ4v) is 10.6. The molecule has 0 heterocycles. The molecule has 0 unspecified atom stereocenters. The Kier molecular flexibility index (Phi) is 5.43. The Morgan fingerprint density at radius 1 is 0.833 bits per heavy atom. The van der Waals surface area contributed by atoms with Gasteiger partial charge in [-0.1, -0.05) is 0 Å². The van der Waals surface area contributed by atoms with E-state index < -0.39 is 37.5 Å². The first-order chi connectivity index (χ1) is 8.35. The van der Waals surface area contributed by atoms with Crippen LogP contribution in [0.4, 0.5) is 0 Å². The first-order valence-electron chi connectivity index (χ1n) is 5.94. The quantitative estimate of drug-likeness (QED) is 0.704. The summed E-state index contributed by atoms with van der Waals surface area (Å²) < 4.78 is 15.6. The summed E-state index contributed by atoms with van der Waals surface area (Å²) in [5, 5.41) is 0. The van der Waals surface area contributed by atoms with Gasteiger partial charge in [-0.05, 0) is 0 Å². The van der Waals surface area contributed by atoms with Crippen molar-refractivity contribution in [1.82, 2.24) is 0 Å². The molecule has 0 spiro atoms. The maximum absolute atomic E-state index is 11.2. The van der Waals surface area contributed by atoms with Crippen LogP contribution in [0, 0.1) is 0 Å². The number of carbonyl (C=O) groups excluding carboxylic acids is 3. The third-order valence-corrected chi connectivity index (χ3v) is 12.1. The van der Waals surface area contributed by atoms with Crippen LogP contribution < -0.4 is 0 Å². The van der Waals surface area contributed by atoms with Crippen LogP contribution in [0.15, 0.2) is 0 Å². The minimum absolute atomic E-state index is 0.101. The molecule has 0 amide bonds. The van der Waals surface area contributed by atoms with Crippen LogP contribution in [-0.2, 0) is 23.6 Å². The van der Waals surface area contributed by atoms with Crippen LogP contribution in [0.1, 0.15) is 46.5 Å². The van der Waals surface area contributed by atoms with Gasteiger partial charge in [0.2, 0.25) is 0 Å².